The molecule has 0 aliphatic carbocycles. The number of nitrogens with two attached hydrogens (primary N) is 1. The van der Waals surface area contributed by atoms with Crippen molar-refractivity contribution in [2.75, 3.05) is 13.2 Å². The number of hydrogen-bond donors (Lipinski definition) is 2. The number of rotatable bonds is 13. The molecular formula is C20H38ClNO3. The number of halogens is 1. The predicted octanol–water partition coefficient (Wildman–Crippen LogP) is 4.06. The molecule has 0 amide bonds. The van der Waals surface area contributed by atoms with E-state index in [4.69, 9.17) is 10.5 Å². The molecule has 1 unspecified atom stereocenters. The van der Waals surface area contributed by atoms with Gasteiger partial charge in [0.1, 0.15) is 5.75 Å². The second-order valence-electron chi connectivity index (χ2n) is 6.93. The van der Waals surface area contributed by atoms with E-state index in [9.17, 15) is 5.11 Å². The van der Waals surface area contributed by atoms with Crippen LogP contribution in [0.2, 0.25) is 0 Å². The first-order valence-corrected chi connectivity index (χ1v) is 9.19. The normalized spacial score (nSPS) is 12.6. The standard InChI is InChI=1S/C20H35NO2.ClH.H2O/c1-3-4-5-6-7-8-9-16-23-19-12-10-18(11-13-19)14-15-20(2,21)17-22;;/h10-13,22H,3-9,14-17,21H2,1-2H3;1H;1H2. The molecule has 0 radical (unpaired) electrons. The Bertz CT molecular complexity index is 410. The molecule has 0 aromatic heterocycles. The summed E-state index contributed by atoms with van der Waals surface area (Å²) < 4.78 is 5.79. The van der Waals surface area contributed by atoms with Crippen LogP contribution in [0.1, 0.15) is 70.8 Å². The van der Waals surface area contributed by atoms with Crippen LogP contribution < -0.4 is 10.5 Å². The van der Waals surface area contributed by atoms with Crippen molar-refractivity contribution in [2.45, 2.75) is 77.2 Å². The average Bonchev–Trinajstić information content (AvgIpc) is 2.56. The highest BCUT2D eigenvalue weighted by Gasteiger charge is 2.16. The summed E-state index contributed by atoms with van der Waals surface area (Å²) in [6.07, 6.45) is 10.8. The fourth-order valence-electron chi connectivity index (χ4n) is 2.51. The van der Waals surface area contributed by atoms with E-state index in [-0.39, 0.29) is 24.5 Å². The number of aliphatic hydroxyl groups is 1. The zero-order valence-corrected chi connectivity index (χ0v) is 16.7. The van der Waals surface area contributed by atoms with Gasteiger partial charge in [-0.05, 0) is 43.9 Å². The minimum absolute atomic E-state index is 0. The average molecular weight is 376 g/mol. The summed E-state index contributed by atoms with van der Waals surface area (Å²) in [6, 6.07) is 8.24. The summed E-state index contributed by atoms with van der Waals surface area (Å²) in [5.74, 6) is 0.942. The first kappa shape index (κ1) is 26.4. The van der Waals surface area contributed by atoms with Crippen molar-refractivity contribution in [3.8, 4) is 5.75 Å². The van der Waals surface area contributed by atoms with Crippen LogP contribution in [0.25, 0.3) is 0 Å². The summed E-state index contributed by atoms with van der Waals surface area (Å²) in [7, 11) is 0. The van der Waals surface area contributed by atoms with Crippen LogP contribution in [0.3, 0.4) is 0 Å². The van der Waals surface area contributed by atoms with Gasteiger partial charge in [0.2, 0.25) is 0 Å². The maximum Gasteiger partial charge on any atom is 0.119 e. The van der Waals surface area contributed by atoms with Crippen molar-refractivity contribution in [2.24, 2.45) is 5.73 Å². The van der Waals surface area contributed by atoms with Crippen LogP contribution in [0.5, 0.6) is 5.75 Å². The zero-order valence-electron chi connectivity index (χ0n) is 15.9. The molecule has 1 rings (SSSR count). The van der Waals surface area contributed by atoms with E-state index in [0.29, 0.717) is 0 Å². The van der Waals surface area contributed by atoms with E-state index >= 15 is 0 Å². The molecule has 5 heteroatoms. The minimum Gasteiger partial charge on any atom is -0.494 e. The van der Waals surface area contributed by atoms with Crippen molar-refractivity contribution >= 4 is 12.4 Å². The van der Waals surface area contributed by atoms with Gasteiger partial charge in [-0.2, -0.15) is 0 Å². The molecule has 1 aromatic carbocycles. The summed E-state index contributed by atoms with van der Waals surface area (Å²) in [6.45, 7) is 4.96. The maximum absolute atomic E-state index is 9.17. The minimum atomic E-state index is -0.494. The lowest BCUT2D eigenvalue weighted by molar-refractivity contribution is 0.200. The van der Waals surface area contributed by atoms with E-state index in [1.165, 1.54) is 44.1 Å². The summed E-state index contributed by atoms with van der Waals surface area (Å²) in [5, 5.41) is 9.17. The van der Waals surface area contributed by atoms with E-state index in [0.717, 1.165) is 31.6 Å². The molecule has 0 fully saturated rings. The Morgan fingerprint density at radius 3 is 2.12 bits per heavy atom. The topological polar surface area (TPSA) is 87.0 Å². The van der Waals surface area contributed by atoms with Gasteiger partial charge in [0.05, 0.1) is 13.2 Å². The third-order valence-corrected chi connectivity index (χ3v) is 4.29. The van der Waals surface area contributed by atoms with Crippen LogP contribution in [0.4, 0.5) is 0 Å². The van der Waals surface area contributed by atoms with Crippen molar-refractivity contribution in [3.63, 3.8) is 0 Å². The van der Waals surface area contributed by atoms with Gasteiger partial charge >= 0.3 is 0 Å². The molecule has 148 valence electrons. The van der Waals surface area contributed by atoms with Gasteiger partial charge in [-0.3, -0.25) is 0 Å². The van der Waals surface area contributed by atoms with Crippen molar-refractivity contribution < 1.29 is 15.3 Å². The lowest BCUT2D eigenvalue weighted by Gasteiger charge is -2.21. The number of aliphatic hydroxyl groups excluding tert-OH is 1. The molecule has 1 aromatic rings. The molecule has 25 heavy (non-hydrogen) atoms. The van der Waals surface area contributed by atoms with E-state index in [1.807, 2.05) is 19.1 Å². The lowest BCUT2D eigenvalue weighted by Crippen LogP contribution is -2.40. The molecular weight excluding hydrogens is 338 g/mol. The Kier molecular flexibility index (Phi) is 16.3. The molecule has 0 heterocycles. The van der Waals surface area contributed by atoms with E-state index in [2.05, 4.69) is 19.1 Å². The molecule has 5 N–H and O–H groups in total. The second-order valence-corrected chi connectivity index (χ2v) is 6.93. The largest absolute Gasteiger partial charge is 0.494 e. The first-order chi connectivity index (χ1) is 11.1. The summed E-state index contributed by atoms with van der Waals surface area (Å²) >= 11 is 0. The van der Waals surface area contributed by atoms with Crippen LogP contribution in [-0.4, -0.2) is 29.3 Å². The quantitative estimate of drug-likeness (QED) is 0.509. The van der Waals surface area contributed by atoms with Gasteiger partial charge in [0.15, 0.2) is 0 Å². The van der Waals surface area contributed by atoms with Gasteiger partial charge in [-0.1, -0.05) is 57.6 Å². The molecule has 0 aliphatic rings. The van der Waals surface area contributed by atoms with Gasteiger partial charge in [0.25, 0.3) is 0 Å². The number of hydrogen-bond acceptors (Lipinski definition) is 3. The van der Waals surface area contributed by atoms with Gasteiger partial charge < -0.3 is 21.1 Å². The van der Waals surface area contributed by atoms with Gasteiger partial charge in [-0.25, -0.2) is 0 Å². The SMILES string of the molecule is CCCCCCCCCOc1ccc(CCC(C)(N)CO)cc1.Cl.O. The predicted molar refractivity (Wildman–Crippen MR) is 109 cm³/mol. The Hall–Kier alpha value is -0.810. The van der Waals surface area contributed by atoms with Crippen molar-refractivity contribution in [1.82, 2.24) is 0 Å². The molecule has 0 spiro atoms. The zero-order chi connectivity index (χ0) is 17.0. The maximum atomic E-state index is 9.17. The van der Waals surface area contributed by atoms with E-state index in [1.54, 1.807) is 0 Å². The third-order valence-electron chi connectivity index (χ3n) is 4.29. The van der Waals surface area contributed by atoms with E-state index < -0.39 is 5.54 Å². The van der Waals surface area contributed by atoms with Crippen LogP contribution in [0, 0.1) is 0 Å². The highest BCUT2D eigenvalue weighted by atomic mass is 35.5. The Morgan fingerprint density at radius 1 is 1.00 bits per heavy atom. The fraction of sp³-hybridized carbons (Fsp3) is 0.700. The molecule has 0 saturated heterocycles. The number of benzene rings is 1. The van der Waals surface area contributed by atoms with Crippen LogP contribution in [-0.2, 0) is 6.42 Å². The highest BCUT2D eigenvalue weighted by molar-refractivity contribution is 5.85. The second kappa shape index (κ2) is 15.4. The Morgan fingerprint density at radius 2 is 1.56 bits per heavy atom. The van der Waals surface area contributed by atoms with Crippen LogP contribution in [0.15, 0.2) is 24.3 Å². The van der Waals surface area contributed by atoms with Crippen molar-refractivity contribution in [1.29, 1.82) is 0 Å². The first-order valence-electron chi connectivity index (χ1n) is 9.19. The molecule has 1 atom stereocenters. The summed E-state index contributed by atoms with van der Waals surface area (Å²) in [5.41, 5.74) is 6.69. The third kappa shape index (κ3) is 13.1. The number of ether oxygens (including phenoxy) is 1. The fourth-order valence-corrected chi connectivity index (χ4v) is 2.51. The molecule has 0 bridgehead atoms. The Balaban J connectivity index is 0. The van der Waals surface area contributed by atoms with Gasteiger partial charge in [0, 0.05) is 5.54 Å². The molecule has 0 aliphatic heterocycles. The lowest BCUT2D eigenvalue weighted by atomic mass is 9.95. The monoisotopic (exact) mass is 375 g/mol. The number of aryl methyl sites for hydroxylation is 1. The summed E-state index contributed by atoms with van der Waals surface area (Å²) in [4.78, 5) is 0. The molecule has 4 nitrogen and oxygen atoms in total. The Labute approximate surface area is 159 Å². The van der Waals surface area contributed by atoms with Crippen molar-refractivity contribution in [3.05, 3.63) is 29.8 Å². The van der Waals surface area contributed by atoms with Crippen LogP contribution >= 0.6 is 12.4 Å². The number of unbranched alkanes of at least 4 members (excludes halogenated alkanes) is 6. The molecule has 0 saturated carbocycles. The smallest absolute Gasteiger partial charge is 0.119 e. The highest BCUT2D eigenvalue weighted by Crippen LogP contribution is 2.16. The van der Waals surface area contributed by atoms with Gasteiger partial charge in [-0.15, -0.1) is 12.4 Å².